The van der Waals surface area contributed by atoms with Crippen LogP contribution < -0.4 is 5.32 Å². The first-order valence-electron chi connectivity index (χ1n) is 5.24. The van der Waals surface area contributed by atoms with Crippen molar-refractivity contribution in [2.75, 3.05) is 5.32 Å². The summed E-state index contributed by atoms with van der Waals surface area (Å²) in [6.07, 6.45) is 6.19. The molecule has 90 valence electrons. The third kappa shape index (κ3) is 3.17. The van der Waals surface area contributed by atoms with Gasteiger partial charge in [0.05, 0.1) is 0 Å². The van der Waals surface area contributed by atoms with E-state index in [2.05, 4.69) is 17.1 Å². The lowest BCUT2D eigenvalue weighted by molar-refractivity contribution is -0.105. The minimum atomic E-state index is 0.572. The van der Waals surface area contributed by atoms with Crippen LogP contribution in [-0.2, 0) is 4.79 Å². The van der Waals surface area contributed by atoms with Gasteiger partial charge in [0.1, 0.15) is 11.4 Å². The molecule has 0 saturated heterocycles. The van der Waals surface area contributed by atoms with E-state index in [1.54, 1.807) is 13.0 Å². The third-order valence-electron chi connectivity index (χ3n) is 2.34. The van der Waals surface area contributed by atoms with E-state index >= 15 is 0 Å². The number of carbonyl (C=O) groups excluding carboxylic acids is 1. The Morgan fingerprint density at radius 3 is 2.71 bits per heavy atom. The molecule has 4 heteroatoms. The van der Waals surface area contributed by atoms with Gasteiger partial charge >= 0.3 is 0 Å². The Bertz CT molecular complexity index is 482. The van der Waals surface area contributed by atoms with E-state index in [0.29, 0.717) is 23.6 Å². The first-order chi connectivity index (χ1) is 8.10. The smallest absolute Gasteiger partial charge is 0.211 e. The van der Waals surface area contributed by atoms with Gasteiger partial charge in [-0.25, -0.2) is 0 Å². The maximum absolute atomic E-state index is 10.5. The maximum Gasteiger partial charge on any atom is 0.211 e. The van der Waals surface area contributed by atoms with E-state index < -0.39 is 0 Å². The monoisotopic (exact) mass is 232 g/mol. The molecule has 17 heavy (non-hydrogen) atoms. The van der Waals surface area contributed by atoms with Crippen LogP contribution >= 0.6 is 0 Å². The number of hydrogen-bond donors (Lipinski definition) is 1. The number of rotatable bonds is 5. The van der Waals surface area contributed by atoms with Crippen LogP contribution in [-0.4, -0.2) is 11.6 Å². The molecule has 0 aromatic carbocycles. The second-order valence-corrected chi connectivity index (χ2v) is 3.70. The molecule has 0 aliphatic rings. The lowest BCUT2D eigenvalue weighted by Gasteiger charge is -1.99. The molecular formula is C13H16N2O2. The van der Waals surface area contributed by atoms with Crippen molar-refractivity contribution >= 4 is 17.7 Å². The number of aryl methyl sites for hydroxylation is 1. The lowest BCUT2D eigenvalue weighted by Crippen LogP contribution is -1.96. The van der Waals surface area contributed by atoms with Crippen LogP contribution in [0.15, 0.2) is 34.9 Å². The molecule has 0 saturated carbocycles. The summed E-state index contributed by atoms with van der Waals surface area (Å²) in [6.45, 7) is 9.29. The number of anilines is 1. The highest BCUT2D eigenvalue weighted by Crippen LogP contribution is 2.26. The number of aromatic nitrogens is 1. The fourth-order valence-corrected chi connectivity index (χ4v) is 1.27. The zero-order valence-corrected chi connectivity index (χ0v) is 10.3. The summed E-state index contributed by atoms with van der Waals surface area (Å²) in [7, 11) is 0. The average Bonchev–Trinajstić information content (AvgIpc) is 2.68. The van der Waals surface area contributed by atoms with Gasteiger partial charge in [0.15, 0.2) is 5.76 Å². The van der Waals surface area contributed by atoms with Crippen molar-refractivity contribution in [1.29, 1.82) is 0 Å². The van der Waals surface area contributed by atoms with E-state index in [9.17, 15) is 4.79 Å². The topological polar surface area (TPSA) is 55.1 Å². The molecule has 0 aliphatic carbocycles. The molecule has 0 bridgehead atoms. The summed E-state index contributed by atoms with van der Waals surface area (Å²) < 4.78 is 5.18. The summed E-state index contributed by atoms with van der Waals surface area (Å²) >= 11 is 0. The molecule has 0 fully saturated rings. The standard InChI is InChI=1S/C13H16N2O2/c1-5-9(2)6-7-10(3)13-12(14-8-16)11(4)15-17-13/h5-8H,1H2,2-4H3,(H,14,16)/b9-6-,10-7+. The van der Waals surface area contributed by atoms with E-state index in [1.807, 2.05) is 26.0 Å². The highest BCUT2D eigenvalue weighted by Gasteiger charge is 2.13. The van der Waals surface area contributed by atoms with Crippen LogP contribution in [0.4, 0.5) is 5.69 Å². The van der Waals surface area contributed by atoms with E-state index in [0.717, 1.165) is 11.1 Å². The first kappa shape index (κ1) is 13.0. The van der Waals surface area contributed by atoms with Crippen LogP contribution in [0.25, 0.3) is 5.57 Å². The first-order valence-corrected chi connectivity index (χ1v) is 5.24. The Labute approximate surface area is 101 Å². The van der Waals surface area contributed by atoms with Crippen molar-refractivity contribution in [3.63, 3.8) is 0 Å². The molecule has 4 nitrogen and oxygen atoms in total. The van der Waals surface area contributed by atoms with Gasteiger partial charge in [-0.05, 0) is 26.3 Å². The minimum Gasteiger partial charge on any atom is -0.354 e. The minimum absolute atomic E-state index is 0.572. The van der Waals surface area contributed by atoms with Gasteiger partial charge in [0.25, 0.3) is 0 Å². The second-order valence-electron chi connectivity index (χ2n) is 3.70. The van der Waals surface area contributed by atoms with Crippen LogP contribution in [0.5, 0.6) is 0 Å². The van der Waals surface area contributed by atoms with Crippen molar-refractivity contribution in [3.8, 4) is 0 Å². The third-order valence-corrected chi connectivity index (χ3v) is 2.34. The zero-order valence-electron chi connectivity index (χ0n) is 10.3. The Hall–Kier alpha value is -2.10. The largest absolute Gasteiger partial charge is 0.354 e. The number of amides is 1. The van der Waals surface area contributed by atoms with Gasteiger partial charge in [0, 0.05) is 0 Å². The molecule has 0 spiro atoms. The number of nitrogens with one attached hydrogen (secondary N) is 1. The number of hydrogen-bond acceptors (Lipinski definition) is 3. The predicted octanol–water partition coefficient (Wildman–Crippen LogP) is 3.09. The quantitative estimate of drug-likeness (QED) is 0.627. The van der Waals surface area contributed by atoms with Crippen molar-refractivity contribution in [2.45, 2.75) is 20.8 Å². The van der Waals surface area contributed by atoms with Gasteiger partial charge in [-0.1, -0.05) is 35.5 Å². The highest BCUT2D eigenvalue weighted by molar-refractivity contribution is 5.81. The molecule has 1 amide bonds. The zero-order chi connectivity index (χ0) is 12.8. The van der Waals surface area contributed by atoms with Gasteiger partial charge < -0.3 is 9.84 Å². The van der Waals surface area contributed by atoms with Crippen molar-refractivity contribution in [3.05, 3.63) is 41.8 Å². The number of allylic oxidation sites excluding steroid dienone is 5. The molecule has 0 atom stereocenters. The molecular weight excluding hydrogens is 216 g/mol. The van der Waals surface area contributed by atoms with Crippen molar-refractivity contribution in [2.24, 2.45) is 0 Å². The Balaban J connectivity index is 3.07. The molecule has 1 heterocycles. The summed E-state index contributed by atoms with van der Waals surface area (Å²) in [5.41, 5.74) is 3.20. The van der Waals surface area contributed by atoms with Gasteiger partial charge in [-0.2, -0.15) is 0 Å². The summed E-state index contributed by atoms with van der Waals surface area (Å²) in [5, 5.41) is 6.41. The summed E-state index contributed by atoms with van der Waals surface area (Å²) in [6, 6.07) is 0. The van der Waals surface area contributed by atoms with Gasteiger partial charge in [0.2, 0.25) is 6.41 Å². The Kier molecular flexibility index (Phi) is 4.46. The average molecular weight is 232 g/mol. The Morgan fingerprint density at radius 2 is 2.12 bits per heavy atom. The molecule has 0 radical (unpaired) electrons. The van der Waals surface area contributed by atoms with Crippen LogP contribution in [0.1, 0.15) is 25.3 Å². The van der Waals surface area contributed by atoms with E-state index in [4.69, 9.17) is 4.52 Å². The molecule has 1 N–H and O–H groups in total. The predicted molar refractivity (Wildman–Crippen MR) is 68.5 cm³/mol. The Morgan fingerprint density at radius 1 is 1.41 bits per heavy atom. The number of carbonyl (C=O) groups is 1. The fraction of sp³-hybridized carbons (Fsp3) is 0.231. The summed E-state index contributed by atoms with van der Waals surface area (Å²) in [4.78, 5) is 10.5. The van der Waals surface area contributed by atoms with Crippen molar-refractivity contribution in [1.82, 2.24) is 5.16 Å². The molecule has 0 aliphatic heterocycles. The molecule has 1 aromatic heterocycles. The lowest BCUT2D eigenvalue weighted by atomic mass is 10.1. The fourth-order valence-electron chi connectivity index (χ4n) is 1.27. The van der Waals surface area contributed by atoms with Crippen molar-refractivity contribution < 1.29 is 9.32 Å². The van der Waals surface area contributed by atoms with Gasteiger partial charge in [-0.3, -0.25) is 4.79 Å². The normalized spacial score (nSPS) is 12.4. The van der Waals surface area contributed by atoms with Gasteiger partial charge in [-0.15, -0.1) is 0 Å². The van der Waals surface area contributed by atoms with E-state index in [-0.39, 0.29) is 0 Å². The van der Waals surface area contributed by atoms with Crippen LogP contribution in [0.3, 0.4) is 0 Å². The highest BCUT2D eigenvalue weighted by atomic mass is 16.5. The summed E-state index contributed by atoms with van der Waals surface area (Å²) in [5.74, 6) is 0.572. The number of nitrogens with zero attached hydrogens (tertiary/aromatic N) is 1. The molecule has 0 unspecified atom stereocenters. The molecule has 1 rings (SSSR count). The van der Waals surface area contributed by atoms with Crippen LogP contribution in [0.2, 0.25) is 0 Å². The maximum atomic E-state index is 10.5. The van der Waals surface area contributed by atoms with E-state index in [1.165, 1.54) is 0 Å². The molecule has 1 aromatic rings. The SMILES string of the molecule is C=C/C(C)=C\C=C(/C)c1onc(C)c1NC=O. The van der Waals surface area contributed by atoms with Crippen LogP contribution in [0, 0.1) is 6.92 Å². The second kappa shape index (κ2) is 5.84.